The van der Waals surface area contributed by atoms with Gasteiger partial charge in [0.2, 0.25) is 0 Å². The summed E-state index contributed by atoms with van der Waals surface area (Å²) in [6.45, 7) is 0. The highest BCUT2D eigenvalue weighted by Gasteiger charge is 2.42. The number of esters is 1. The van der Waals surface area contributed by atoms with Gasteiger partial charge in [-0.3, -0.25) is 9.59 Å². The smallest absolute Gasteiger partial charge is 0.306 e. The third-order valence-corrected chi connectivity index (χ3v) is 5.51. The van der Waals surface area contributed by atoms with Crippen LogP contribution in [0.2, 0.25) is 0 Å². The number of aliphatic hydroxyl groups excluding tert-OH is 1. The Morgan fingerprint density at radius 2 is 2.04 bits per heavy atom. The van der Waals surface area contributed by atoms with Crippen molar-refractivity contribution in [3.05, 3.63) is 60.2 Å². The number of aryl methyl sites for hydroxylation is 1. The van der Waals surface area contributed by atoms with E-state index in [2.05, 4.69) is 12.2 Å². The molecule has 4 heteroatoms. The highest BCUT2D eigenvalue weighted by molar-refractivity contribution is 5.89. The molecule has 1 aromatic carbocycles. The van der Waals surface area contributed by atoms with Gasteiger partial charge in [-0.05, 0) is 37.3 Å². The van der Waals surface area contributed by atoms with Gasteiger partial charge in [-0.15, -0.1) is 0 Å². The maximum absolute atomic E-state index is 12.2. The van der Waals surface area contributed by atoms with Crippen LogP contribution < -0.4 is 0 Å². The third-order valence-electron chi connectivity index (χ3n) is 5.51. The highest BCUT2D eigenvalue weighted by atomic mass is 16.5. The second kappa shape index (κ2) is 9.65. The minimum absolute atomic E-state index is 0.0245. The van der Waals surface area contributed by atoms with E-state index in [0.29, 0.717) is 25.7 Å². The van der Waals surface area contributed by atoms with E-state index in [9.17, 15) is 14.7 Å². The second-order valence-corrected chi connectivity index (χ2v) is 7.48. The van der Waals surface area contributed by atoms with E-state index in [1.165, 1.54) is 0 Å². The molecule has 0 unspecified atom stereocenters. The van der Waals surface area contributed by atoms with Crippen molar-refractivity contribution in [1.29, 1.82) is 0 Å². The number of fused-ring (bicyclic) bond motifs is 1. The van der Waals surface area contributed by atoms with Crippen molar-refractivity contribution in [2.24, 2.45) is 11.8 Å². The number of carbonyl (C=O) groups is 2. The molecule has 1 aliphatic heterocycles. The summed E-state index contributed by atoms with van der Waals surface area (Å²) in [5.41, 5.74) is 1.14. The molecule has 27 heavy (non-hydrogen) atoms. The first kappa shape index (κ1) is 19.6. The minimum atomic E-state index is -0.583. The lowest BCUT2D eigenvalue weighted by molar-refractivity contribution is -0.151. The van der Waals surface area contributed by atoms with Crippen LogP contribution >= 0.6 is 0 Å². The average Bonchev–Trinajstić information content (AvgIpc) is 2.96. The number of carbonyl (C=O) groups excluding carboxylic acids is 2. The fraction of sp³-hybridized carbons (Fsp3) is 0.478. The number of hydrogen-bond acceptors (Lipinski definition) is 4. The van der Waals surface area contributed by atoms with Gasteiger partial charge in [-0.2, -0.15) is 0 Å². The molecule has 1 saturated carbocycles. The summed E-state index contributed by atoms with van der Waals surface area (Å²) in [6.07, 6.45) is 11.2. The van der Waals surface area contributed by atoms with Crippen LogP contribution in [0.15, 0.2) is 54.6 Å². The van der Waals surface area contributed by atoms with Gasteiger partial charge >= 0.3 is 5.97 Å². The highest BCUT2D eigenvalue weighted by Crippen LogP contribution is 2.38. The van der Waals surface area contributed by atoms with Gasteiger partial charge in [0.05, 0.1) is 6.10 Å². The number of ether oxygens (including phenoxy) is 1. The Kier molecular flexibility index (Phi) is 6.99. The summed E-state index contributed by atoms with van der Waals surface area (Å²) in [4.78, 5) is 24.2. The van der Waals surface area contributed by atoms with E-state index in [0.717, 1.165) is 24.8 Å². The molecule has 0 radical (unpaired) electrons. The van der Waals surface area contributed by atoms with Crippen LogP contribution in [0.1, 0.15) is 44.1 Å². The number of hydrogen-bond donors (Lipinski definition) is 1. The molecule has 1 heterocycles. The predicted molar refractivity (Wildman–Crippen MR) is 104 cm³/mol. The van der Waals surface area contributed by atoms with Crippen LogP contribution in [0.3, 0.4) is 0 Å². The lowest BCUT2D eigenvalue weighted by Gasteiger charge is -2.23. The standard InChI is InChI=1S/C23H28O4/c24-18(13-12-17-8-4-3-5-9-17)14-15-19-20-10-6-1-2-7-11-23(26)27-22(20)16-21(19)25/h1,3-6,8-9,14-15,19-22,25H,2,7,10-13,16H2/b6-1-,15-14+/t19-,20-,21-,22+/m1/s1. The Labute approximate surface area is 160 Å². The van der Waals surface area contributed by atoms with E-state index in [4.69, 9.17) is 4.74 Å². The number of allylic oxidation sites excluding steroid dienone is 3. The van der Waals surface area contributed by atoms with E-state index in [-0.39, 0.29) is 29.7 Å². The van der Waals surface area contributed by atoms with Crippen molar-refractivity contribution >= 4 is 11.8 Å². The van der Waals surface area contributed by atoms with Gasteiger partial charge in [0, 0.05) is 31.1 Å². The third kappa shape index (κ3) is 5.64. The van der Waals surface area contributed by atoms with Gasteiger partial charge in [0.25, 0.3) is 0 Å². The van der Waals surface area contributed by atoms with Gasteiger partial charge in [-0.1, -0.05) is 48.6 Å². The van der Waals surface area contributed by atoms with Crippen molar-refractivity contribution in [2.75, 3.05) is 0 Å². The zero-order valence-corrected chi connectivity index (χ0v) is 15.6. The van der Waals surface area contributed by atoms with Gasteiger partial charge in [-0.25, -0.2) is 0 Å². The minimum Gasteiger partial charge on any atom is -0.462 e. The Morgan fingerprint density at radius 1 is 1.22 bits per heavy atom. The molecule has 0 amide bonds. The normalized spacial score (nSPS) is 29.9. The molecular weight excluding hydrogens is 340 g/mol. The first-order valence-corrected chi connectivity index (χ1v) is 9.91. The van der Waals surface area contributed by atoms with Crippen LogP contribution in [0.5, 0.6) is 0 Å². The molecule has 0 aromatic heterocycles. The number of ketones is 1. The summed E-state index contributed by atoms with van der Waals surface area (Å²) in [5, 5.41) is 10.5. The van der Waals surface area contributed by atoms with Crippen molar-refractivity contribution in [2.45, 2.75) is 57.2 Å². The zero-order valence-electron chi connectivity index (χ0n) is 15.6. The Morgan fingerprint density at radius 3 is 2.85 bits per heavy atom. The molecule has 2 aliphatic rings. The van der Waals surface area contributed by atoms with Crippen LogP contribution in [0, 0.1) is 11.8 Å². The molecule has 1 N–H and O–H groups in total. The average molecular weight is 368 g/mol. The van der Waals surface area contributed by atoms with Gasteiger partial charge in [0.15, 0.2) is 5.78 Å². The SMILES string of the molecule is O=C(/C=C/[C@@H]1[C@H]2C/C=C\CCCC(=O)O[C@H]2C[C@H]1O)CCc1ccccc1. The lowest BCUT2D eigenvalue weighted by atomic mass is 9.89. The van der Waals surface area contributed by atoms with Crippen molar-refractivity contribution in [3.8, 4) is 0 Å². The molecule has 4 nitrogen and oxygen atoms in total. The van der Waals surface area contributed by atoms with Gasteiger partial charge < -0.3 is 9.84 Å². The van der Waals surface area contributed by atoms with Crippen molar-refractivity contribution < 1.29 is 19.4 Å². The second-order valence-electron chi connectivity index (χ2n) is 7.48. The molecule has 3 rings (SSSR count). The molecule has 1 aliphatic carbocycles. The molecular formula is C23H28O4. The molecule has 4 atom stereocenters. The van der Waals surface area contributed by atoms with Crippen LogP contribution in [0.25, 0.3) is 0 Å². The summed E-state index contributed by atoms with van der Waals surface area (Å²) < 4.78 is 5.61. The quantitative estimate of drug-likeness (QED) is 0.488. The molecule has 0 saturated heterocycles. The van der Waals surface area contributed by atoms with E-state index in [1.54, 1.807) is 6.08 Å². The summed E-state index contributed by atoms with van der Waals surface area (Å²) in [5.74, 6) is -0.262. The summed E-state index contributed by atoms with van der Waals surface area (Å²) in [7, 11) is 0. The zero-order chi connectivity index (χ0) is 19.1. The molecule has 144 valence electrons. The largest absolute Gasteiger partial charge is 0.462 e. The van der Waals surface area contributed by atoms with Crippen molar-refractivity contribution in [1.82, 2.24) is 0 Å². The lowest BCUT2D eigenvalue weighted by Crippen LogP contribution is -2.25. The molecule has 0 spiro atoms. The molecule has 1 aromatic rings. The van der Waals surface area contributed by atoms with E-state index >= 15 is 0 Å². The fourth-order valence-electron chi connectivity index (χ4n) is 4.00. The summed E-state index contributed by atoms with van der Waals surface area (Å²) >= 11 is 0. The van der Waals surface area contributed by atoms with Crippen LogP contribution in [-0.2, 0) is 20.7 Å². The number of benzene rings is 1. The Balaban J connectivity index is 1.61. The van der Waals surface area contributed by atoms with Gasteiger partial charge in [0.1, 0.15) is 6.10 Å². The number of aliphatic hydroxyl groups is 1. The predicted octanol–water partition coefficient (Wildman–Crippen LogP) is 3.78. The first-order chi connectivity index (χ1) is 13.1. The monoisotopic (exact) mass is 368 g/mol. The molecule has 0 bridgehead atoms. The Bertz CT molecular complexity index is 692. The van der Waals surface area contributed by atoms with E-state index in [1.807, 2.05) is 36.4 Å². The first-order valence-electron chi connectivity index (χ1n) is 9.91. The van der Waals surface area contributed by atoms with E-state index < -0.39 is 6.10 Å². The van der Waals surface area contributed by atoms with Crippen LogP contribution in [-0.4, -0.2) is 29.1 Å². The fourth-order valence-corrected chi connectivity index (χ4v) is 4.00. The molecule has 1 fully saturated rings. The topological polar surface area (TPSA) is 63.6 Å². The van der Waals surface area contributed by atoms with Crippen molar-refractivity contribution in [3.63, 3.8) is 0 Å². The van der Waals surface area contributed by atoms with Crippen LogP contribution in [0.4, 0.5) is 0 Å². The summed E-state index contributed by atoms with van der Waals surface area (Å²) in [6, 6.07) is 9.94. The maximum Gasteiger partial charge on any atom is 0.306 e. The maximum atomic E-state index is 12.2. The number of rotatable bonds is 5. The Hall–Kier alpha value is -2.20.